The largest absolute Gasteiger partial charge is 0.468 e. The number of anilines is 1. The first kappa shape index (κ1) is 24.1. The molecule has 2 aromatic carbocycles. The predicted molar refractivity (Wildman–Crippen MR) is 125 cm³/mol. The summed E-state index contributed by atoms with van der Waals surface area (Å²) in [6.07, 6.45) is 0.630. The molecule has 0 aliphatic carbocycles. The van der Waals surface area contributed by atoms with E-state index < -0.39 is 28.7 Å². The molecule has 7 nitrogen and oxygen atoms in total. The number of Topliss-reactive ketones (excluding diaryl/α,β-unsaturated/α-hetero) is 1. The zero-order valence-electron chi connectivity index (χ0n) is 18.2. The molecule has 2 atom stereocenters. The first-order valence-electron chi connectivity index (χ1n) is 10.5. The molecule has 0 fully saturated rings. The number of sulfonamides is 1. The summed E-state index contributed by atoms with van der Waals surface area (Å²) < 4.78 is 46.8. The van der Waals surface area contributed by atoms with E-state index in [9.17, 15) is 22.7 Å². The third-order valence-electron chi connectivity index (χ3n) is 5.62. The van der Waals surface area contributed by atoms with Crippen LogP contribution >= 0.6 is 11.6 Å². The van der Waals surface area contributed by atoms with Crippen molar-refractivity contribution >= 4 is 33.1 Å². The molecule has 34 heavy (non-hydrogen) atoms. The van der Waals surface area contributed by atoms with Gasteiger partial charge in [0, 0.05) is 23.6 Å². The van der Waals surface area contributed by atoms with Crippen LogP contribution in [-0.2, 0) is 21.2 Å². The van der Waals surface area contributed by atoms with Gasteiger partial charge in [0.2, 0.25) is 5.88 Å². The minimum Gasteiger partial charge on any atom is -0.468 e. The van der Waals surface area contributed by atoms with E-state index in [1.165, 1.54) is 36.5 Å². The first-order chi connectivity index (χ1) is 16.2. The average molecular weight is 505 g/mol. The monoisotopic (exact) mass is 504 g/mol. The lowest BCUT2D eigenvalue weighted by Crippen LogP contribution is -2.45. The van der Waals surface area contributed by atoms with Gasteiger partial charge in [0.25, 0.3) is 10.0 Å². The van der Waals surface area contributed by atoms with Crippen LogP contribution in [0.25, 0.3) is 0 Å². The van der Waals surface area contributed by atoms with E-state index in [1.807, 2.05) is 0 Å². The van der Waals surface area contributed by atoms with Crippen molar-refractivity contribution in [3.05, 3.63) is 82.8 Å². The van der Waals surface area contributed by atoms with Gasteiger partial charge < -0.3 is 9.84 Å². The number of rotatable bonds is 7. The molecule has 1 aromatic heterocycles. The van der Waals surface area contributed by atoms with Crippen molar-refractivity contribution in [2.24, 2.45) is 0 Å². The molecule has 4 rings (SSSR count). The number of ether oxygens (including phenoxy) is 1. The van der Waals surface area contributed by atoms with Crippen LogP contribution in [0.3, 0.4) is 0 Å². The van der Waals surface area contributed by atoms with Gasteiger partial charge in [-0.25, -0.2) is 17.8 Å². The van der Waals surface area contributed by atoms with E-state index in [-0.39, 0.29) is 46.1 Å². The van der Waals surface area contributed by atoms with Gasteiger partial charge in [-0.2, -0.15) is 0 Å². The second-order valence-electron chi connectivity index (χ2n) is 8.00. The number of nitrogens with zero attached hydrogens (tertiary/aromatic N) is 2. The number of halogens is 2. The molecule has 0 unspecified atom stereocenters. The van der Waals surface area contributed by atoms with Crippen molar-refractivity contribution in [3.8, 4) is 5.88 Å². The summed E-state index contributed by atoms with van der Waals surface area (Å²) >= 11 is 6.00. The molecule has 0 amide bonds. The topological polar surface area (TPSA) is 96.8 Å². The molecule has 10 heteroatoms. The predicted octanol–water partition coefficient (Wildman–Crippen LogP) is 3.74. The zero-order valence-corrected chi connectivity index (χ0v) is 19.8. The minimum atomic E-state index is -4.05. The van der Waals surface area contributed by atoms with Crippen molar-refractivity contribution in [2.45, 2.75) is 30.3 Å². The van der Waals surface area contributed by atoms with Crippen LogP contribution in [0.4, 0.5) is 10.1 Å². The fourth-order valence-electron chi connectivity index (χ4n) is 3.70. The molecule has 0 saturated carbocycles. The van der Waals surface area contributed by atoms with E-state index >= 15 is 0 Å². The summed E-state index contributed by atoms with van der Waals surface area (Å²) in [6, 6.07) is 13.1. The molecular weight excluding hydrogens is 483 g/mol. The van der Waals surface area contributed by atoms with Crippen molar-refractivity contribution in [2.75, 3.05) is 17.5 Å². The Balaban J connectivity index is 1.66. The van der Waals surface area contributed by atoms with E-state index in [0.717, 1.165) is 4.31 Å². The molecule has 178 valence electrons. The molecule has 1 N–H and O–H groups in total. The normalized spacial score (nSPS) is 16.5. The van der Waals surface area contributed by atoms with Gasteiger partial charge in [-0.15, -0.1) is 0 Å². The molecule has 2 heterocycles. The summed E-state index contributed by atoms with van der Waals surface area (Å²) in [5.41, 5.74) is 1.34. The Kier molecular flexibility index (Phi) is 6.88. The molecule has 0 bridgehead atoms. The highest BCUT2D eigenvalue weighted by Gasteiger charge is 2.35. The number of fused-ring (bicyclic) bond motifs is 1. The zero-order chi connectivity index (χ0) is 24.5. The van der Waals surface area contributed by atoms with Gasteiger partial charge in [0.1, 0.15) is 23.4 Å². The smallest absolute Gasteiger partial charge is 0.264 e. The van der Waals surface area contributed by atoms with E-state index in [1.54, 1.807) is 31.2 Å². The number of aliphatic hydroxyl groups is 1. The number of hydrogen-bond acceptors (Lipinski definition) is 6. The minimum absolute atomic E-state index is 0.00664. The number of aliphatic hydroxyl groups excluding tert-OH is 1. The molecule has 1 aliphatic rings. The number of benzene rings is 2. The first-order valence-corrected chi connectivity index (χ1v) is 12.3. The fraction of sp³-hybridized carbons (Fsp3) is 0.250. The third kappa shape index (κ3) is 4.91. The number of pyridine rings is 1. The van der Waals surface area contributed by atoms with Gasteiger partial charge >= 0.3 is 0 Å². The van der Waals surface area contributed by atoms with Gasteiger partial charge in [-0.1, -0.05) is 36.7 Å². The number of aromatic nitrogens is 1. The number of carbonyl (C=O) groups is 1. The maximum absolute atomic E-state index is 13.4. The molecule has 3 aromatic rings. The van der Waals surface area contributed by atoms with Gasteiger partial charge in [-0.3, -0.25) is 9.10 Å². The summed E-state index contributed by atoms with van der Waals surface area (Å²) in [7, 11) is -4.05. The Labute approximate surface area is 201 Å². The summed E-state index contributed by atoms with van der Waals surface area (Å²) in [5, 5.41) is 9.88. The average Bonchev–Trinajstić information content (AvgIpc) is 2.83. The fourth-order valence-corrected chi connectivity index (χ4v) is 5.48. The highest BCUT2D eigenvalue weighted by molar-refractivity contribution is 7.92. The summed E-state index contributed by atoms with van der Waals surface area (Å²) in [4.78, 5) is 17.1. The van der Waals surface area contributed by atoms with E-state index in [0.29, 0.717) is 11.1 Å². The Morgan fingerprint density at radius 2 is 2.00 bits per heavy atom. The van der Waals surface area contributed by atoms with Crippen LogP contribution in [0, 0.1) is 5.82 Å². The van der Waals surface area contributed by atoms with Crippen molar-refractivity contribution < 1.29 is 27.4 Å². The quantitative estimate of drug-likeness (QED) is 0.526. The Morgan fingerprint density at radius 3 is 2.68 bits per heavy atom. The summed E-state index contributed by atoms with van der Waals surface area (Å²) in [5.74, 6) is -0.969. The Hall–Kier alpha value is -3.01. The third-order valence-corrected chi connectivity index (χ3v) is 7.64. The van der Waals surface area contributed by atoms with Gasteiger partial charge in [0.05, 0.1) is 18.0 Å². The number of carbonyl (C=O) groups excluding carboxylic acids is 1. The van der Waals surface area contributed by atoms with Crippen LogP contribution in [0.1, 0.15) is 24.0 Å². The van der Waals surface area contributed by atoms with Crippen LogP contribution in [-0.4, -0.2) is 43.5 Å². The van der Waals surface area contributed by atoms with Crippen LogP contribution in [0.15, 0.2) is 65.7 Å². The van der Waals surface area contributed by atoms with Crippen LogP contribution in [0.5, 0.6) is 5.88 Å². The van der Waals surface area contributed by atoms with Crippen LogP contribution in [0.2, 0.25) is 5.02 Å². The maximum Gasteiger partial charge on any atom is 0.264 e. The van der Waals surface area contributed by atoms with Crippen molar-refractivity contribution in [1.82, 2.24) is 4.98 Å². The van der Waals surface area contributed by atoms with Gasteiger partial charge in [0.15, 0.2) is 0 Å². The number of ketones is 1. The molecule has 0 saturated heterocycles. The second-order valence-corrected chi connectivity index (χ2v) is 10.3. The second kappa shape index (κ2) is 9.69. The number of hydrogen-bond donors (Lipinski definition) is 1. The maximum atomic E-state index is 13.4. The van der Waals surface area contributed by atoms with Crippen molar-refractivity contribution in [3.63, 3.8) is 0 Å². The van der Waals surface area contributed by atoms with Gasteiger partial charge in [-0.05, 0) is 47.5 Å². The lowest BCUT2D eigenvalue weighted by Gasteiger charge is -2.34. The lowest BCUT2D eigenvalue weighted by atomic mass is 9.93. The molecule has 0 spiro atoms. The van der Waals surface area contributed by atoms with Crippen LogP contribution < -0.4 is 9.04 Å². The lowest BCUT2D eigenvalue weighted by molar-refractivity contribution is -0.119. The van der Waals surface area contributed by atoms with Crippen molar-refractivity contribution in [1.29, 1.82) is 0 Å². The molecule has 0 radical (unpaired) electrons. The van der Waals surface area contributed by atoms with E-state index in [2.05, 4.69) is 4.98 Å². The standard InChI is InChI=1S/C24H22ClFN2O5S/c1-15(17-5-7-19(26)8-6-17)23(30)10-16-9-22-24(27-12-16)33-20(14-29)13-28(22)34(31,32)21-4-2-3-18(25)11-21/h2-9,11-12,15,20,29H,10,13-14H2,1H3/t15-,20+/m0/s1. The van der Waals surface area contributed by atoms with E-state index in [4.69, 9.17) is 16.3 Å². The highest BCUT2D eigenvalue weighted by atomic mass is 35.5. The Morgan fingerprint density at radius 1 is 1.26 bits per heavy atom. The SMILES string of the molecule is C[C@H](C(=O)Cc1cnc2c(c1)N(S(=O)(=O)c1cccc(Cl)c1)C[C@H](CO)O2)c1ccc(F)cc1. The Bertz CT molecular complexity index is 1320. The molecular formula is C24H22ClFN2O5S. The highest BCUT2D eigenvalue weighted by Crippen LogP contribution is 2.36. The summed E-state index contributed by atoms with van der Waals surface area (Å²) in [6.45, 7) is 1.19. The molecule has 1 aliphatic heterocycles.